The maximum atomic E-state index is 9.82. The fourth-order valence-corrected chi connectivity index (χ4v) is 2.16. The monoisotopic (exact) mass is 321 g/mol. The van der Waals surface area contributed by atoms with E-state index in [9.17, 15) is 5.11 Å². The van der Waals surface area contributed by atoms with E-state index < -0.39 is 6.10 Å². The summed E-state index contributed by atoms with van der Waals surface area (Å²) in [6.07, 6.45) is -0.526. The summed E-state index contributed by atoms with van der Waals surface area (Å²) in [6, 6.07) is 5.12. The minimum atomic E-state index is -0.642. The van der Waals surface area contributed by atoms with E-state index in [2.05, 4.69) is 5.32 Å². The van der Waals surface area contributed by atoms with Gasteiger partial charge in [-0.2, -0.15) is 0 Å². The Balaban J connectivity index is 2.28. The number of rotatable bonds is 9. The molecule has 2 atom stereocenters. The maximum Gasteiger partial charge on any atom is 0.156 e. The van der Waals surface area contributed by atoms with Gasteiger partial charge in [0.15, 0.2) is 5.75 Å². The van der Waals surface area contributed by atoms with Crippen LogP contribution in [0.25, 0.3) is 0 Å². The molecule has 0 fully saturated rings. The van der Waals surface area contributed by atoms with Crippen molar-refractivity contribution >= 4 is 23.2 Å². The number of nitrogens with one attached hydrogen (secondary N) is 1. The number of hydrogen-bond acceptors (Lipinski definition) is 4. The van der Waals surface area contributed by atoms with Gasteiger partial charge in [-0.05, 0) is 26.0 Å². The van der Waals surface area contributed by atoms with Gasteiger partial charge >= 0.3 is 0 Å². The number of aliphatic hydroxyl groups excluding tert-OH is 1. The summed E-state index contributed by atoms with van der Waals surface area (Å²) in [5.74, 6) is 0.401. The van der Waals surface area contributed by atoms with Crippen molar-refractivity contribution in [3.05, 3.63) is 28.2 Å². The van der Waals surface area contributed by atoms with Crippen molar-refractivity contribution < 1.29 is 14.6 Å². The molecule has 0 spiro atoms. The third-order valence-electron chi connectivity index (χ3n) is 2.60. The molecule has 1 rings (SSSR count). The van der Waals surface area contributed by atoms with E-state index in [0.717, 1.165) is 0 Å². The second kappa shape index (κ2) is 9.42. The van der Waals surface area contributed by atoms with Crippen LogP contribution < -0.4 is 10.1 Å². The first-order valence-corrected chi connectivity index (χ1v) is 7.37. The minimum absolute atomic E-state index is 0.117. The molecule has 0 bridgehead atoms. The van der Waals surface area contributed by atoms with Crippen LogP contribution in [0.3, 0.4) is 0 Å². The van der Waals surface area contributed by atoms with Gasteiger partial charge in [0.1, 0.15) is 12.7 Å². The number of benzene rings is 1. The highest BCUT2D eigenvalue weighted by atomic mass is 35.5. The van der Waals surface area contributed by atoms with Gasteiger partial charge < -0.3 is 19.9 Å². The average Bonchev–Trinajstić information content (AvgIpc) is 2.38. The molecule has 0 aliphatic rings. The number of hydrogen-bond donors (Lipinski definition) is 2. The Bertz CT molecular complexity index is 384. The molecule has 0 radical (unpaired) electrons. The predicted octanol–water partition coefficient (Wildman–Crippen LogP) is 2.75. The van der Waals surface area contributed by atoms with Crippen molar-refractivity contribution in [2.24, 2.45) is 0 Å². The normalized spacial score (nSPS) is 14.1. The molecule has 20 heavy (non-hydrogen) atoms. The first kappa shape index (κ1) is 17.5. The molecule has 114 valence electrons. The Morgan fingerprint density at radius 3 is 2.50 bits per heavy atom. The lowest BCUT2D eigenvalue weighted by Gasteiger charge is -2.17. The van der Waals surface area contributed by atoms with E-state index >= 15 is 0 Å². The summed E-state index contributed by atoms with van der Waals surface area (Å²) >= 11 is 11.9. The molecule has 6 heteroatoms. The van der Waals surface area contributed by atoms with Gasteiger partial charge in [0.2, 0.25) is 0 Å². The third kappa shape index (κ3) is 6.29. The largest absolute Gasteiger partial charge is 0.488 e. The Hall–Kier alpha value is -0.520. The molecule has 0 aliphatic carbocycles. The summed E-state index contributed by atoms with van der Waals surface area (Å²) in [4.78, 5) is 0. The van der Waals surface area contributed by atoms with Crippen molar-refractivity contribution in [1.29, 1.82) is 0 Å². The van der Waals surface area contributed by atoms with Crippen molar-refractivity contribution in [3.63, 3.8) is 0 Å². The second-order valence-electron chi connectivity index (χ2n) is 4.44. The van der Waals surface area contributed by atoms with Crippen LogP contribution in [0, 0.1) is 0 Å². The summed E-state index contributed by atoms with van der Waals surface area (Å²) in [7, 11) is 0. The van der Waals surface area contributed by atoms with Gasteiger partial charge in [0, 0.05) is 19.7 Å². The van der Waals surface area contributed by atoms with E-state index in [1.807, 2.05) is 13.8 Å². The first-order valence-electron chi connectivity index (χ1n) is 6.61. The molecule has 0 saturated heterocycles. The number of ether oxygens (including phenoxy) is 2. The van der Waals surface area contributed by atoms with Crippen LogP contribution in [0.5, 0.6) is 5.75 Å². The molecular formula is C14H21Cl2NO3. The van der Waals surface area contributed by atoms with Crippen molar-refractivity contribution in [2.45, 2.75) is 26.1 Å². The zero-order chi connectivity index (χ0) is 15.0. The fourth-order valence-electron chi connectivity index (χ4n) is 1.66. The quantitative estimate of drug-likeness (QED) is 0.734. The van der Waals surface area contributed by atoms with Gasteiger partial charge in [-0.15, -0.1) is 0 Å². The van der Waals surface area contributed by atoms with Gasteiger partial charge in [-0.3, -0.25) is 0 Å². The molecule has 0 aliphatic heterocycles. The first-order chi connectivity index (χ1) is 9.54. The highest BCUT2D eigenvalue weighted by Crippen LogP contribution is 2.32. The second-order valence-corrected chi connectivity index (χ2v) is 5.25. The molecule has 2 unspecified atom stereocenters. The number of halogens is 2. The summed E-state index contributed by atoms with van der Waals surface area (Å²) in [5, 5.41) is 13.8. The molecule has 1 aromatic rings. The predicted molar refractivity (Wildman–Crippen MR) is 81.9 cm³/mol. The maximum absolute atomic E-state index is 9.82. The smallest absolute Gasteiger partial charge is 0.156 e. The molecular weight excluding hydrogens is 301 g/mol. The van der Waals surface area contributed by atoms with Crippen LogP contribution in [0.4, 0.5) is 0 Å². The van der Waals surface area contributed by atoms with Crippen molar-refractivity contribution in [2.75, 3.05) is 26.3 Å². The van der Waals surface area contributed by atoms with Crippen LogP contribution in [-0.2, 0) is 4.74 Å². The van der Waals surface area contributed by atoms with E-state index in [4.69, 9.17) is 32.7 Å². The van der Waals surface area contributed by atoms with Crippen LogP contribution in [-0.4, -0.2) is 43.6 Å². The number of para-hydroxylation sites is 1. The van der Waals surface area contributed by atoms with Crippen LogP contribution in [0.1, 0.15) is 13.8 Å². The summed E-state index contributed by atoms with van der Waals surface area (Å²) in [6.45, 7) is 5.83. The van der Waals surface area contributed by atoms with Gasteiger partial charge in [0.05, 0.1) is 16.1 Å². The molecule has 0 heterocycles. The lowest BCUT2D eigenvalue weighted by molar-refractivity contribution is 0.0672. The van der Waals surface area contributed by atoms with Crippen molar-refractivity contribution in [1.82, 2.24) is 5.32 Å². The highest BCUT2D eigenvalue weighted by molar-refractivity contribution is 6.37. The molecule has 0 amide bonds. The molecule has 0 aromatic heterocycles. The van der Waals surface area contributed by atoms with Crippen LogP contribution >= 0.6 is 23.2 Å². The van der Waals surface area contributed by atoms with Gasteiger partial charge in [-0.25, -0.2) is 0 Å². The third-order valence-corrected chi connectivity index (χ3v) is 3.20. The highest BCUT2D eigenvalue weighted by Gasteiger charge is 2.10. The minimum Gasteiger partial charge on any atom is -0.488 e. The lowest BCUT2D eigenvalue weighted by atomic mass is 10.3. The molecule has 4 nitrogen and oxygen atoms in total. The molecule has 1 aromatic carbocycles. The Morgan fingerprint density at radius 2 is 1.90 bits per heavy atom. The van der Waals surface area contributed by atoms with Crippen LogP contribution in [0.2, 0.25) is 10.0 Å². The summed E-state index contributed by atoms with van der Waals surface area (Å²) in [5.41, 5.74) is 0. The topological polar surface area (TPSA) is 50.7 Å². The number of aliphatic hydroxyl groups is 1. The zero-order valence-electron chi connectivity index (χ0n) is 11.7. The zero-order valence-corrected chi connectivity index (χ0v) is 13.2. The average molecular weight is 322 g/mol. The fraction of sp³-hybridized carbons (Fsp3) is 0.571. The Labute approximate surface area is 130 Å². The standard InChI is InChI=1S/C14H21Cl2NO3/c1-3-19-10(2)7-17-8-11(18)9-20-14-12(15)5-4-6-13(14)16/h4-6,10-11,17-18H,3,7-9H2,1-2H3. The van der Waals surface area contributed by atoms with Crippen LogP contribution in [0.15, 0.2) is 18.2 Å². The van der Waals surface area contributed by atoms with Gasteiger partial charge in [-0.1, -0.05) is 29.3 Å². The van der Waals surface area contributed by atoms with Gasteiger partial charge in [0.25, 0.3) is 0 Å². The Morgan fingerprint density at radius 1 is 1.25 bits per heavy atom. The van der Waals surface area contributed by atoms with E-state index in [0.29, 0.717) is 35.5 Å². The molecule has 2 N–H and O–H groups in total. The van der Waals surface area contributed by atoms with E-state index in [-0.39, 0.29) is 12.7 Å². The van der Waals surface area contributed by atoms with Crippen molar-refractivity contribution in [3.8, 4) is 5.75 Å². The summed E-state index contributed by atoms with van der Waals surface area (Å²) < 4.78 is 10.8. The SMILES string of the molecule is CCOC(C)CNCC(O)COc1c(Cl)cccc1Cl. The molecule has 0 saturated carbocycles. The lowest BCUT2D eigenvalue weighted by Crippen LogP contribution is -2.35. The Kier molecular flexibility index (Phi) is 8.26. The van der Waals surface area contributed by atoms with E-state index in [1.165, 1.54) is 0 Å². The van der Waals surface area contributed by atoms with E-state index in [1.54, 1.807) is 18.2 Å².